The number of ether oxygens (including phenoxy) is 1. The Morgan fingerprint density at radius 1 is 1.50 bits per heavy atom. The van der Waals surface area contributed by atoms with Gasteiger partial charge in [-0.05, 0) is 0 Å². The topological polar surface area (TPSA) is 89.0 Å². The molecular formula is C9H4F5N3O3. The third kappa shape index (κ3) is 3.74. The van der Waals surface area contributed by atoms with E-state index in [0.717, 1.165) is 0 Å². The number of halogens is 5. The summed E-state index contributed by atoms with van der Waals surface area (Å²) < 4.78 is 64.6. The molecule has 0 aliphatic heterocycles. The average Bonchev–Trinajstić information content (AvgIpc) is 2.26. The molecule has 108 valence electrons. The van der Waals surface area contributed by atoms with E-state index in [9.17, 15) is 32.1 Å². The van der Waals surface area contributed by atoms with Gasteiger partial charge in [0.05, 0.1) is 23.0 Å². The molecule has 20 heavy (non-hydrogen) atoms. The van der Waals surface area contributed by atoms with Crippen molar-refractivity contribution in [3.63, 3.8) is 0 Å². The van der Waals surface area contributed by atoms with Crippen molar-refractivity contribution in [2.45, 2.75) is 19.2 Å². The van der Waals surface area contributed by atoms with E-state index in [1.54, 1.807) is 0 Å². The number of alkyl halides is 5. The summed E-state index contributed by atoms with van der Waals surface area (Å²) >= 11 is 0. The summed E-state index contributed by atoms with van der Waals surface area (Å²) in [4.78, 5) is 12.5. The molecule has 0 aliphatic carbocycles. The monoisotopic (exact) mass is 297 g/mol. The molecule has 0 atom stereocenters. The molecule has 0 bridgehead atoms. The van der Waals surface area contributed by atoms with E-state index >= 15 is 0 Å². The number of rotatable bonds is 4. The van der Waals surface area contributed by atoms with Gasteiger partial charge in [-0.2, -0.15) is 5.26 Å². The lowest BCUT2D eigenvalue weighted by atomic mass is 10.2. The Bertz CT molecular complexity index is 567. The number of pyridine rings is 1. The second kappa shape index (κ2) is 5.64. The van der Waals surface area contributed by atoms with Crippen LogP contribution in [-0.2, 0) is 6.42 Å². The highest BCUT2D eigenvalue weighted by atomic mass is 19.4. The van der Waals surface area contributed by atoms with Gasteiger partial charge < -0.3 is 4.74 Å². The highest BCUT2D eigenvalue weighted by molar-refractivity contribution is 5.45. The van der Waals surface area contributed by atoms with Gasteiger partial charge in [0.15, 0.2) is 0 Å². The predicted octanol–water partition coefficient (Wildman–Crippen LogP) is 2.89. The van der Waals surface area contributed by atoms with E-state index in [1.807, 2.05) is 0 Å². The first kappa shape index (κ1) is 15.5. The maximum Gasteiger partial charge on any atom is 0.574 e. The Hall–Kier alpha value is -2.51. The van der Waals surface area contributed by atoms with E-state index in [4.69, 9.17) is 5.26 Å². The third-order valence-corrected chi connectivity index (χ3v) is 1.96. The van der Waals surface area contributed by atoms with Gasteiger partial charge in [0.2, 0.25) is 5.88 Å². The molecule has 0 fully saturated rings. The van der Waals surface area contributed by atoms with Crippen molar-refractivity contribution in [1.29, 1.82) is 5.26 Å². The summed E-state index contributed by atoms with van der Waals surface area (Å²) in [7, 11) is 0. The fourth-order valence-corrected chi connectivity index (χ4v) is 1.25. The lowest BCUT2D eigenvalue weighted by molar-refractivity contribution is -0.386. The van der Waals surface area contributed by atoms with Gasteiger partial charge in [-0.25, -0.2) is 13.8 Å². The first-order valence-electron chi connectivity index (χ1n) is 4.74. The normalized spacial score (nSPS) is 11.2. The molecule has 0 N–H and O–H groups in total. The molecule has 1 heterocycles. The van der Waals surface area contributed by atoms with Gasteiger partial charge in [-0.15, -0.1) is 13.2 Å². The SMILES string of the molecule is N#CCc1nc(OC(F)(F)F)c(C(F)F)cc1[N+](=O)[O-]. The Morgan fingerprint density at radius 2 is 2.10 bits per heavy atom. The van der Waals surface area contributed by atoms with Crippen molar-refractivity contribution in [3.05, 3.63) is 27.4 Å². The van der Waals surface area contributed by atoms with Crippen molar-refractivity contribution >= 4 is 5.69 Å². The summed E-state index contributed by atoms with van der Waals surface area (Å²) in [6, 6.07) is 1.64. The Kier molecular flexibility index (Phi) is 4.38. The lowest BCUT2D eigenvalue weighted by Crippen LogP contribution is -2.20. The van der Waals surface area contributed by atoms with Gasteiger partial charge in [-0.1, -0.05) is 0 Å². The number of nitrogens with zero attached hydrogens (tertiary/aromatic N) is 3. The van der Waals surface area contributed by atoms with Gasteiger partial charge in [-0.3, -0.25) is 10.1 Å². The van der Waals surface area contributed by atoms with Crippen LogP contribution in [-0.4, -0.2) is 16.3 Å². The van der Waals surface area contributed by atoms with Crippen molar-refractivity contribution in [1.82, 2.24) is 4.98 Å². The van der Waals surface area contributed by atoms with Crippen LogP contribution < -0.4 is 4.74 Å². The predicted molar refractivity (Wildman–Crippen MR) is 51.8 cm³/mol. The van der Waals surface area contributed by atoms with Crippen LogP contribution in [0.1, 0.15) is 17.7 Å². The number of nitriles is 1. The molecule has 0 amide bonds. The average molecular weight is 297 g/mol. The van der Waals surface area contributed by atoms with Crippen LogP contribution in [0.2, 0.25) is 0 Å². The maximum atomic E-state index is 12.6. The minimum Gasteiger partial charge on any atom is -0.387 e. The van der Waals surface area contributed by atoms with E-state index in [0.29, 0.717) is 0 Å². The summed E-state index contributed by atoms with van der Waals surface area (Å²) in [6.45, 7) is 0. The van der Waals surface area contributed by atoms with Crippen LogP contribution in [0.25, 0.3) is 0 Å². The Morgan fingerprint density at radius 3 is 2.50 bits per heavy atom. The quantitative estimate of drug-likeness (QED) is 0.484. The first-order valence-corrected chi connectivity index (χ1v) is 4.74. The minimum atomic E-state index is -5.29. The second-order valence-corrected chi connectivity index (χ2v) is 3.29. The van der Waals surface area contributed by atoms with Crippen molar-refractivity contribution in [2.75, 3.05) is 0 Å². The van der Waals surface area contributed by atoms with Gasteiger partial charge in [0.25, 0.3) is 12.1 Å². The van der Waals surface area contributed by atoms with Gasteiger partial charge in [0, 0.05) is 6.07 Å². The van der Waals surface area contributed by atoms with Crippen LogP contribution in [0.3, 0.4) is 0 Å². The Labute approximate surface area is 107 Å². The molecule has 0 aliphatic rings. The smallest absolute Gasteiger partial charge is 0.387 e. The third-order valence-electron chi connectivity index (χ3n) is 1.96. The number of hydrogen-bond donors (Lipinski definition) is 0. The highest BCUT2D eigenvalue weighted by Crippen LogP contribution is 2.35. The summed E-state index contributed by atoms with van der Waals surface area (Å²) in [5.41, 5.74) is -3.05. The second-order valence-electron chi connectivity index (χ2n) is 3.29. The standard InChI is InChI=1S/C9H4F5N3O3/c10-7(11)4-3-6(17(18)19)5(1-2-15)16-8(4)20-9(12,13)14/h3,7H,1H2. The van der Waals surface area contributed by atoms with E-state index < -0.39 is 47.0 Å². The van der Waals surface area contributed by atoms with E-state index in [-0.39, 0.29) is 6.07 Å². The summed E-state index contributed by atoms with van der Waals surface area (Å²) in [5.74, 6) is -1.51. The first-order chi connectivity index (χ1) is 9.15. The molecule has 6 nitrogen and oxygen atoms in total. The molecule has 1 aromatic rings. The minimum absolute atomic E-state index is 0.214. The number of aromatic nitrogens is 1. The van der Waals surface area contributed by atoms with E-state index in [2.05, 4.69) is 9.72 Å². The molecule has 0 spiro atoms. The molecule has 0 saturated carbocycles. The molecular weight excluding hydrogens is 293 g/mol. The van der Waals surface area contributed by atoms with Gasteiger partial charge in [0.1, 0.15) is 5.69 Å². The lowest BCUT2D eigenvalue weighted by Gasteiger charge is -2.12. The van der Waals surface area contributed by atoms with Crippen LogP contribution in [0.4, 0.5) is 27.6 Å². The van der Waals surface area contributed by atoms with Crippen molar-refractivity contribution < 1.29 is 31.6 Å². The molecule has 0 saturated heterocycles. The fourth-order valence-electron chi connectivity index (χ4n) is 1.25. The summed E-state index contributed by atoms with van der Waals surface area (Å²) in [5, 5.41) is 19.0. The number of hydrogen-bond acceptors (Lipinski definition) is 5. The largest absolute Gasteiger partial charge is 0.574 e. The van der Waals surface area contributed by atoms with Crippen LogP contribution in [0, 0.1) is 21.4 Å². The zero-order valence-electron chi connectivity index (χ0n) is 9.32. The van der Waals surface area contributed by atoms with Crippen molar-refractivity contribution in [3.8, 4) is 11.9 Å². The molecule has 11 heteroatoms. The fraction of sp³-hybridized carbons (Fsp3) is 0.333. The highest BCUT2D eigenvalue weighted by Gasteiger charge is 2.36. The zero-order chi connectivity index (χ0) is 15.5. The van der Waals surface area contributed by atoms with Crippen LogP contribution >= 0.6 is 0 Å². The number of nitro groups is 1. The molecule has 1 aromatic heterocycles. The molecule has 0 unspecified atom stereocenters. The molecule has 0 aromatic carbocycles. The Balaban J connectivity index is 3.45. The summed E-state index contributed by atoms with van der Waals surface area (Å²) in [6.07, 6.45) is -9.49. The zero-order valence-corrected chi connectivity index (χ0v) is 9.32. The molecule has 1 rings (SSSR count). The van der Waals surface area contributed by atoms with Crippen LogP contribution in [0.5, 0.6) is 5.88 Å². The van der Waals surface area contributed by atoms with Gasteiger partial charge >= 0.3 is 6.36 Å². The maximum absolute atomic E-state index is 12.6. The van der Waals surface area contributed by atoms with Crippen molar-refractivity contribution in [2.24, 2.45) is 0 Å². The van der Waals surface area contributed by atoms with Crippen LogP contribution in [0.15, 0.2) is 6.07 Å². The van der Waals surface area contributed by atoms with E-state index in [1.165, 1.54) is 6.07 Å². The molecule has 0 radical (unpaired) electrons.